The second-order valence-corrected chi connectivity index (χ2v) is 6.62. The number of amides is 1. The normalized spacial score (nSPS) is 16.6. The highest BCUT2D eigenvalue weighted by Crippen LogP contribution is 2.25. The zero-order valence-electron chi connectivity index (χ0n) is 14.8. The summed E-state index contributed by atoms with van der Waals surface area (Å²) in [5.41, 5.74) is 5.08. The van der Waals surface area contributed by atoms with Crippen LogP contribution in [0.3, 0.4) is 0 Å². The van der Waals surface area contributed by atoms with Crippen LogP contribution < -0.4 is 0 Å². The molecule has 0 saturated carbocycles. The van der Waals surface area contributed by atoms with Crippen molar-refractivity contribution in [2.75, 3.05) is 0 Å². The van der Waals surface area contributed by atoms with Gasteiger partial charge < -0.3 is 10.0 Å². The van der Waals surface area contributed by atoms with Gasteiger partial charge in [-0.25, -0.2) is 4.79 Å². The van der Waals surface area contributed by atoms with Gasteiger partial charge in [0.25, 0.3) is 0 Å². The minimum Gasteiger partial charge on any atom is -0.480 e. The number of aryl methyl sites for hydroxylation is 2. The van der Waals surface area contributed by atoms with Crippen LogP contribution in [-0.2, 0) is 36.0 Å². The predicted octanol–water partition coefficient (Wildman–Crippen LogP) is 2.01. The lowest BCUT2D eigenvalue weighted by Gasteiger charge is -2.34. The topological polar surface area (TPSA) is 75.4 Å². The lowest BCUT2D eigenvalue weighted by molar-refractivity contribution is -0.151. The molecule has 6 nitrogen and oxygen atoms in total. The third-order valence-corrected chi connectivity index (χ3v) is 5.10. The van der Waals surface area contributed by atoms with E-state index in [1.54, 1.807) is 0 Å². The fraction of sp³-hybridized carbons (Fsp3) is 0.421. The van der Waals surface area contributed by atoms with Crippen LogP contribution in [0, 0.1) is 13.8 Å². The Morgan fingerprint density at radius 2 is 1.92 bits per heavy atom. The Balaban J connectivity index is 1.77. The predicted molar refractivity (Wildman–Crippen MR) is 93.1 cm³/mol. The number of benzene rings is 1. The van der Waals surface area contributed by atoms with Crippen molar-refractivity contribution in [3.8, 4) is 0 Å². The average molecular weight is 341 g/mol. The maximum atomic E-state index is 12.8. The molecule has 1 amide bonds. The molecule has 0 spiro atoms. The van der Waals surface area contributed by atoms with E-state index < -0.39 is 12.0 Å². The van der Waals surface area contributed by atoms with Crippen molar-refractivity contribution < 1.29 is 14.7 Å². The van der Waals surface area contributed by atoms with Crippen LogP contribution in [0.25, 0.3) is 0 Å². The fourth-order valence-electron chi connectivity index (χ4n) is 3.56. The summed E-state index contributed by atoms with van der Waals surface area (Å²) >= 11 is 0. The minimum absolute atomic E-state index is 0.121. The van der Waals surface area contributed by atoms with E-state index in [9.17, 15) is 14.7 Å². The summed E-state index contributed by atoms with van der Waals surface area (Å²) in [4.78, 5) is 25.9. The van der Waals surface area contributed by atoms with Crippen LogP contribution in [0.5, 0.6) is 0 Å². The summed E-state index contributed by atoms with van der Waals surface area (Å²) in [5, 5.41) is 13.9. The molecule has 1 atom stereocenters. The zero-order chi connectivity index (χ0) is 18.1. The number of fused-ring (bicyclic) bond motifs is 1. The number of carbonyl (C=O) groups is 2. The lowest BCUT2D eigenvalue weighted by atomic mass is 9.93. The van der Waals surface area contributed by atoms with Gasteiger partial charge in [0, 0.05) is 32.1 Å². The van der Waals surface area contributed by atoms with Gasteiger partial charge in [-0.3, -0.25) is 9.48 Å². The van der Waals surface area contributed by atoms with Gasteiger partial charge in [0.15, 0.2) is 0 Å². The van der Waals surface area contributed by atoms with Gasteiger partial charge >= 0.3 is 5.97 Å². The average Bonchev–Trinajstić information content (AvgIpc) is 2.83. The summed E-state index contributed by atoms with van der Waals surface area (Å²) in [7, 11) is 1.88. The first-order valence-electron chi connectivity index (χ1n) is 8.46. The van der Waals surface area contributed by atoms with Gasteiger partial charge in [0.1, 0.15) is 6.04 Å². The van der Waals surface area contributed by atoms with Crippen molar-refractivity contribution in [2.24, 2.45) is 7.05 Å². The van der Waals surface area contributed by atoms with Crippen molar-refractivity contribution in [3.63, 3.8) is 0 Å². The third-order valence-electron chi connectivity index (χ3n) is 5.10. The SMILES string of the molecule is Cc1nn(C)c(C)c1CCC(=O)N1Cc2ccccc2CC1C(=O)O. The van der Waals surface area contributed by atoms with Crippen molar-refractivity contribution in [2.45, 2.75) is 45.7 Å². The molecule has 1 aromatic heterocycles. The molecule has 132 valence electrons. The quantitative estimate of drug-likeness (QED) is 0.923. The molecule has 0 saturated heterocycles. The molecule has 1 N–H and O–H groups in total. The maximum absolute atomic E-state index is 12.8. The van der Waals surface area contributed by atoms with Gasteiger partial charge in [0.05, 0.1) is 5.69 Å². The van der Waals surface area contributed by atoms with Crippen molar-refractivity contribution in [1.29, 1.82) is 0 Å². The smallest absolute Gasteiger partial charge is 0.326 e. The number of hydrogen-bond acceptors (Lipinski definition) is 3. The van der Waals surface area contributed by atoms with E-state index >= 15 is 0 Å². The molecule has 25 heavy (non-hydrogen) atoms. The highest BCUT2D eigenvalue weighted by molar-refractivity contribution is 5.84. The molecule has 0 radical (unpaired) electrons. The van der Waals surface area contributed by atoms with Crippen molar-refractivity contribution in [3.05, 3.63) is 52.3 Å². The Bertz CT molecular complexity index is 825. The van der Waals surface area contributed by atoms with Crippen LogP contribution in [0.15, 0.2) is 24.3 Å². The second-order valence-electron chi connectivity index (χ2n) is 6.62. The molecule has 1 aromatic carbocycles. The Hall–Kier alpha value is -2.63. The molecule has 2 aromatic rings. The Kier molecular flexibility index (Phi) is 4.61. The molecule has 2 heterocycles. The fourth-order valence-corrected chi connectivity index (χ4v) is 3.56. The van der Waals surface area contributed by atoms with E-state index in [2.05, 4.69) is 5.10 Å². The molecular formula is C19H23N3O3. The highest BCUT2D eigenvalue weighted by atomic mass is 16.4. The summed E-state index contributed by atoms with van der Waals surface area (Å²) < 4.78 is 1.81. The minimum atomic E-state index is -0.948. The molecule has 0 aliphatic carbocycles. The zero-order valence-corrected chi connectivity index (χ0v) is 14.8. The Morgan fingerprint density at radius 3 is 2.52 bits per heavy atom. The standard InChI is InChI=1S/C19H23N3O3/c1-12-16(13(2)21(3)20-12)8-9-18(23)22-11-15-7-5-4-6-14(15)10-17(22)19(24)25/h4-7,17H,8-11H2,1-3H3,(H,24,25). The van der Waals surface area contributed by atoms with Crippen LogP contribution in [0.4, 0.5) is 0 Å². The number of rotatable bonds is 4. The molecule has 0 bridgehead atoms. The van der Waals surface area contributed by atoms with Gasteiger partial charge in [-0.1, -0.05) is 24.3 Å². The molecule has 1 unspecified atom stereocenters. The molecule has 6 heteroatoms. The van der Waals surface area contributed by atoms with Gasteiger partial charge in [-0.05, 0) is 37.0 Å². The maximum Gasteiger partial charge on any atom is 0.326 e. The number of carboxylic acids is 1. The molecule has 1 aliphatic rings. The number of carboxylic acid groups (broad SMARTS) is 1. The first-order valence-corrected chi connectivity index (χ1v) is 8.46. The summed E-state index contributed by atoms with van der Waals surface area (Å²) in [6, 6.07) is 6.94. The van der Waals surface area contributed by atoms with E-state index in [0.717, 1.165) is 28.1 Å². The number of carbonyl (C=O) groups excluding carboxylic acids is 1. The first kappa shape index (κ1) is 17.2. The first-order chi connectivity index (χ1) is 11.9. The second kappa shape index (κ2) is 6.70. The van der Waals surface area contributed by atoms with Gasteiger partial charge in [-0.2, -0.15) is 5.10 Å². The Labute approximate surface area is 147 Å². The third kappa shape index (κ3) is 3.29. The van der Waals surface area contributed by atoms with E-state index in [1.165, 1.54) is 4.90 Å². The van der Waals surface area contributed by atoms with Crippen LogP contribution in [0.1, 0.15) is 34.5 Å². The highest BCUT2D eigenvalue weighted by Gasteiger charge is 2.34. The van der Waals surface area contributed by atoms with Gasteiger partial charge in [0.2, 0.25) is 5.91 Å². The number of aliphatic carboxylic acids is 1. The van der Waals surface area contributed by atoms with E-state index in [4.69, 9.17) is 0 Å². The van der Waals surface area contributed by atoms with Crippen molar-refractivity contribution >= 4 is 11.9 Å². The molecular weight excluding hydrogens is 318 g/mol. The Morgan fingerprint density at radius 1 is 1.24 bits per heavy atom. The largest absolute Gasteiger partial charge is 0.480 e. The van der Waals surface area contributed by atoms with E-state index in [0.29, 0.717) is 25.8 Å². The molecule has 3 rings (SSSR count). The van der Waals surface area contributed by atoms with Crippen LogP contribution >= 0.6 is 0 Å². The van der Waals surface area contributed by atoms with Crippen molar-refractivity contribution in [1.82, 2.24) is 14.7 Å². The summed E-state index contributed by atoms with van der Waals surface area (Å²) in [6.45, 7) is 4.28. The summed E-state index contributed by atoms with van der Waals surface area (Å²) in [6.07, 6.45) is 1.23. The molecule has 1 aliphatic heterocycles. The number of aromatic nitrogens is 2. The van der Waals surface area contributed by atoms with Crippen LogP contribution in [-0.4, -0.2) is 37.7 Å². The molecule has 0 fully saturated rings. The van der Waals surface area contributed by atoms with Gasteiger partial charge in [-0.15, -0.1) is 0 Å². The summed E-state index contributed by atoms with van der Waals surface area (Å²) in [5.74, 6) is -1.07. The number of hydrogen-bond donors (Lipinski definition) is 1. The monoisotopic (exact) mass is 341 g/mol. The number of nitrogens with zero attached hydrogens (tertiary/aromatic N) is 3. The lowest BCUT2D eigenvalue weighted by Crippen LogP contribution is -2.48. The van der Waals surface area contributed by atoms with Crippen LogP contribution in [0.2, 0.25) is 0 Å². The van der Waals surface area contributed by atoms with E-state index in [-0.39, 0.29) is 5.91 Å². The van der Waals surface area contributed by atoms with E-state index in [1.807, 2.05) is 49.8 Å².